The second kappa shape index (κ2) is 6.45. The summed E-state index contributed by atoms with van der Waals surface area (Å²) in [6.07, 6.45) is 3.63. The van der Waals surface area contributed by atoms with E-state index in [1.54, 1.807) is 19.1 Å². The number of carbonyl (C=O) groups is 1. The number of rotatable bonds is 4. The SMILES string of the molecule is Cc1sc2nc(C(C)OC(=O)C=Cc3ccco3)[nH]c(=O)c2c1C. The van der Waals surface area contributed by atoms with Gasteiger partial charge in [0, 0.05) is 11.0 Å². The quantitative estimate of drug-likeness (QED) is 0.578. The van der Waals surface area contributed by atoms with E-state index < -0.39 is 12.1 Å². The van der Waals surface area contributed by atoms with Gasteiger partial charge < -0.3 is 14.1 Å². The van der Waals surface area contributed by atoms with Crippen molar-refractivity contribution in [2.45, 2.75) is 26.9 Å². The Kier molecular flexibility index (Phi) is 4.35. The Morgan fingerprint density at radius 1 is 1.46 bits per heavy atom. The Labute approximate surface area is 141 Å². The molecule has 7 heteroatoms. The molecular formula is C17H16N2O4S. The molecule has 1 unspecified atom stereocenters. The molecule has 0 bridgehead atoms. The Morgan fingerprint density at radius 2 is 2.25 bits per heavy atom. The van der Waals surface area contributed by atoms with E-state index in [0.717, 1.165) is 10.4 Å². The average Bonchev–Trinajstić information content (AvgIpc) is 3.14. The van der Waals surface area contributed by atoms with Gasteiger partial charge in [0.1, 0.15) is 10.6 Å². The van der Waals surface area contributed by atoms with Crippen LogP contribution in [-0.4, -0.2) is 15.9 Å². The third-order valence-electron chi connectivity index (χ3n) is 3.66. The number of H-pyrrole nitrogens is 1. The molecule has 0 amide bonds. The molecule has 3 rings (SSSR count). The van der Waals surface area contributed by atoms with E-state index in [-0.39, 0.29) is 5.56 Å². The lowest BCUT2D eigenvalue weighted by atomic mass is 10.2. The van der Waals surface area contributed by atoms with Crippen LogP contribution in [0.1, 0.15) is 35.1 Å². The fourth-order valence-corrected chi connectivity index (χ4v) is 3.31. The number of esters is 1. The highest BCUT2D eigenvalue weighted by molar-refractivity contribution is 7.18. The zero-order chi connectivity index (χ0) is 17.3. The zero-order valence-corrected chi connectivity index (χ0v) is 14.3. The van der Waals surface area contributed by atoms with E-state index in [9.17, 15) is 9.59 Å². The average molecular weight is 344 g/mol. The van der Waals surface area contributed by atoms with E-state index in [0.29, 0.717) is 21.8 Å². The maximum Gasteiger partial charge on any atom is 0.331 e. The second-order valence-corrected chi connectivity index (χ2v) is 6.55. The molecule has 0 saturated heterocycles. The summed E-state index contributed by atoms with van der Waals surface area (Å²) < 4.78 is 10.4. The van der Waals surface area contributed by atoms with Gasteiger partial charge in [-0.1, -0.05) is 0 Å². The number of furan rings is 1. The largest absolute Gasteiger partial charge is 0.465 e. The minimum absolute atomic E-state index is 0.217. The lowest BCUT2D eigenvalue weighted by Crippen LogP contribution is -2.16. The number of aromatic amines is 1. The molecule has 3 aromatic heterocycles. The second-order valence-electron chi connectivity index (χ2n) is 5.34. The molecule has 3 heterocycles. The van der Waals surface area contributed by atoms with Crippen LogP contribution in [0.5, 0.6) is 0 Å². The number of nitrogens with zero attached hydrogens (tertiary/aromatic N) is 1. The van der Waals surface area contributed by atoms with Crippen LogP contribution in [0.2, 0.25) is 0 Å². The molecule has 0 aliphatic heterocycles. The smallest absolute Gasteiger partial charge is 0.331 e. The number of aromatic nitrogens is 2. The molecule has 3 aromatic rings. The lowest BCUT2D eigenvalue weighted by Gasteiger charge is -2.10. The van der Waals surface area contributed by atoms with Crippen molar-refractivity contribution in [3.05, 3.63) is 56.9 Å². The molecule has 6 nitrogen and oxygen atoms in total. The van der Waals surface area contributed by atoms with E-state index in [1.807, 2.05) is 13.8 Å². The number of carbonyl (C=O) groups excluding carboxylic acids is 1. The van der Waals surface area contributed by atoms with Crippen molar-refractivity contribution < 1.29 is 13.9 Å². The molecule has 124 valence electrons. The summed E-state index contributed by atoms with van der Waals surface area (Å²) in [5.41, 5.74) is 0.715. The molecule has 0 fully saturated rings. The summed E-state index contributed by atoms with van der Waals surface area (Å²) >= 11 is 1.45. The van der Waals surface area contributed by atoms with Crippen molar-refractivity contribution in [3.63, 3.8) is 0 Å². The number of nitrogens with one attached hydrogen (secondary N) is 1. The van der Waals surface area contributed by atoms with Crippen LogP contribution < -0.4 is 5.56 Å². The van der Waals surface area contributed by atoms with Crippen molar-refractivity contribution in [1.82, 2.24) is 9.97 Å². The molecular weight excluding hydrogens is 328 g/mol. The molecule has 24 heavy (non-hydrogen) atoms. The molecule has 1 atom stereocenters. The monoisotopic (exact) mass is 344 g/mol. The number of aryl methyl sites for hydroxylation is 2. The van der Waals surface area contributed by atoms with Crippen LogP contribution in [0.25, 0.3) is 16.3 Å². The summed E-state index contributed by atoms with van der Waals surface area (Å²) in [5.74, 6) is 0.339. The van der Waals surface area contributed by atoms with Crippen LogP contribution in [0.4, 0.5) is 0 Å². The van der Waals surface area contributed by atoms with Crippen LogP contribution in [0.3, 0.4) is 0 Å². The normalized spacial score (nSPS) is 12.8. The minimum Gasteiger partial charge on any atom is -0.465 e. The third-order valence-corrected chi connectivity index (χ3v) is 4.76. The van der Waals surface area contributed by atoms with Gasteiger partial charge in [0.15, 0.2) is 11.9 Å². The molecule has 0 radical (unpaired) electrons. The predicted molar refractivity (Wildman–Crippen MR) is 92.0 cm³/mol. The fraction of sp³-hybridized carbons (Fsp3) is 0.235. The molecule has 0 aliphatic carbocycles. The van der Waals surface area contributed by atoms with Crippen LogP contribution in [-0.2, 0) is 9.53 Å². The first kappa shape index (κ1) is 16.2. The van der Waals surface area contributed by atoms with E-state index in [2.05, 4.69) is 9.97 Å². The van der Waals surface area contributed by atoms with Gasteiger partial charge in [-0.2, -0.15) is 0 Å². The van der Waals surface area contributed by atoms with E-state index in [1.165, 1.54) is 29.8 Å². The molecule has 0 spiro atoms. The van der Waals surface area contributed by atoms with Crippen molar-refractivity contribution in [2.24, 2.45) is 0 Å². The van der Waals surface area contributed by atoms with Gasteiger partial charge in [0.2, 0.25) is 0 Å². The summed E-state index contributed by atoms with van der Waals surface area (Å²) in [6, 6.07) is 3.45. The van der Waals surface area contributed by atoms with Gasteiger partial charge in [-0.05, 0) is 44.5 Å². The number of thiophene rings is 1. The van der Waals surface area contributed by atoms with Crippen LogP contribution in [0, 0.1) is 13.8 Å². The molecule has 0 saturated carbocycles. The van der Waals surface area contributed by atoms with Gasteiger partial charge in [-0.3, -0.25) is 4.79 Å². The topological polar surface area (TPSA) is 85.2 Å². The zero-order valence-electron chi connectivity index (χ0n) is 13.5. The maximum atomic E-state index is 12.2. The Bertz CT molecular complexity index is 967. The maximum absolute atomic E-state index is 12.2. The molecule has 0 aliphatic rings. The van der Waals surface area contributed by atoms with Gasteiger partial charge in [0.25, 0.3) is 5.56 Å². The van der Waals surface area contributed by atoms with Crippen molar-refractivity contribution in [1.29, 1.82) is 0 Å². The number of hydrogen-bond acceptors (Lipinski definition) is 6. The summed E-state index contributed by atoms with van der Waals surface area (Å²) in [4.78, 5) is 32.9. The summed E-state index contributed by atoms with van der Waals surface area (Å²) in [7, 11) is 0. The number of fused-ring (bicyclic) bond motifs is 1. The molecule has 0 aromatic carbocycles. The van der Waals surface area contributed by atoms with E-state index >= 15 is 0 Å². The van der Waals surface area contributed by atoms with Crippen LogP contribution >= 0.6 is 11.3 Å². The van der Waals surface area contributed by atoms with Gasteiger partial charge in [-0.25, -0.2) is 9.78 Å². The van der Waals surface area contributed by atoms with Crippen LogP contribution in [0.15, 0.2) is 33.7 Å². The van der Waals surface area contributed by atoms with Crippen molar-refractivity contribution in [2.75, 3.05) is 0 Å². The van der Waals surface area contributed by atoms with Gasteiger partial charge >= 0.3 is 5.97 Å². The fourth-order valence-electron chi connectivity index (χ4n) is 2.27. The summed E-state index contributed by atoms with van der Waals surface area (Å²) in [6.45, 7) is 5.51. The first-order chi connectivity index (χ1) is 11.5. The van der Waals surface area contributed by atoms with Crippen molar-refractivity contribution >= 4 is 33.6 Å². The standard InChI is InChI=1S/C17H16N2O4S/c1-9-11(3)24-17-14(9)16(21)18-15(19-17)10(2)23-13(20)7-6-12-5-4-8-22-12/h4-8,10H,1-3H3,(H,18,19,21). The first-order valence-electron chi connectivity index (χ1n) is 7.38. The lowest BCUT2D eigenvalue weighted by molar-refractivity contribution is -0.142. The highest BCUT2D eigenvalue weighted by atomic mass is 32.1. The highest BCUT2D eigenvalue weighted by Gasteiger charge is 2.17. The Morgan fingerprint density at radius 3 is 2.96 bits per heavy atom. The van der Waals surface area contributed by atoms with Gasteiger partial charge in [0.05, 0.1) is 11.6 Å². The minimum atomic E-state index is -0.668. The Balaban J connectivity index is 1.80. The Hall–Kier alpha value is -2.67. The molecule has 1 N–H and O–H groups in total. The highest BCUT2D eigenvalue weighted by Crippen LogP contribution is 2.26. The third kappa shape index (κ3) is 3.16. The van der Waals surface area contributed by atoms with E-state index in [4.69, 9.17) is 9.15 Å². The first-order valence-corrected chi connectivity index (χ1v) is 8.19. The number of ether oxygens (including phenoxy) is 1. The summed E-state index contributed by atoms with van der Waals surface area (Å²) in [5, 5.41) is 0.595. The predicted octanol–water partition coefficient (Wildman–Crippen LogP) is 3.51. The van der Waals surface area contributed by atoms with Crippen molar-refractivity contribution in [3.8, 4) is 0 Å². The van der Waals surface area contributed by atoms with Gasteiger partial charge in [-0.15, -0.1) is 11.3 Å². The number of hydrogen-bond donors (Lipinski definition) is 1.